The van der Waals surface area contributed by atoms with Crippen molar-refractivity contribution in [3.8, 4) is 6.07 Å². The van der Waals surface area contributed by atoms with E-state index in [0.717, 1.165) is 17.5 Å². The molecule has 0 radical (unpaired) electrons. The van der Waals surface area contributed by atoms with Gasteiger partial charge in [0, 0.05) is 5.69 Å². The van der Waals surface area contributed by atoms with Gasteiger partial charge in [-0.15, -0.1) is 0 Å². The van der Waals surface area contributed by atoms with Crippen molar-refractivity contribution in [2.75, 3.05) is 4.72 Å². The zero-order valence-electron chi connectivity index (χ0n) is 13.4. The van der Waals surface area contributed by atoms with Gasteiger partial charge in [-0.2, -0.15) is 5.26 Å². The summed E-state index contributed by atoms with van der Waals surface area (Å²) in [6.45, 7) is 0. The topological polar surface area (TPSA) is 70.0 Å². The summed E-state index contributed by atoms with van der Waals surface area (Å²) in [4.78, 5) is 0. The molecule has 2 aromatic rings. The zero-order valence-corrected chi connectivity index (χ0v) is 14.2. The van der Waals surface area contributed by atoms with E-state index in [2.05, 4.69) is 10.8 Å². The van der Waals surface area contributed by atoms with Crippen LogP contribution >= 0.6 is 0 Å². The second kappa shape index (κ2) is 7.06. The molecule has 0 saturated heterocycles. The highest BCUT2D eigenvalue weighted by molar-refractivity contribution is 7.93. The quantitative estimate of drug-likeness (QED) is 0.899. The van der Waals surface area contributed by atoms with Gasteiger partial charge in [0.2, 0.25) is 10.0 Å². The molecule has 0 bridgehead atoms. The van der Waals surface area contributed by atoms with Crippen molar-refractivity contribution in [1.82, 2.24) is 0 Å². The number of nitrogens with zero attached hydrogens (tertiary/aromatic N) is 1. The van der Waals surface area contributed by atoms with E-state index in [0.29, 0.717) is 24.9 Å². The van der Waals surface area contributed by atoms with Gasteiger partial charge in [0.1, 0.15) is 0 Å². The molecule has 124 valence electrons. The fraction of sp³-hybridized carbons (Fsp3) is 0.316. The van der Waals surface area contributed by atoms with Crippen LogP contribution in [0.15, 0.2) is 54.6 Å². The van der Waals surface area contributed by atoms with Gasteiger partial charge in [-0.05, 0) is 48.4 Å². The minimum atomic E-state index is -3.38. The standard InChI is InChI=1S/C19H20N2O2S/c20-12-11-15-5-4-6-16(13-15)17-9-10-19(14-17)24(22,23)21-18-7-2-1-3-8-18/h1-8,13,17,19,21H,9-11,14H2. The Balaban J connectivity index is 1.71. The maximum atomic E-state index is 12.6. The smallest absolute Gasteiger partial charge is 0.235 e. The number of sulfonamides is 1. The van der Waals surface area contributed by atoms with E-state index in [1.54, 1.807) is 12.1 Å². The summed E-state index contributed by atoms with van der Waals surface area (Å²) in [7, 11) is -3.38. The Kier molecular flexibility index (Phi) is 4.86. The normalized spacial score (nSPS) is 20.5. The predicted molar refractivity (Wildman–Crippen MR) is 95.1 cm³/mol. The van der Waals surface area contributed by atoms with Crippen molar-refractivity contribution in [2.24, 2.45) is 0 Å². The molecule has 0 amide bonds. The van der Waals surface area contributed by atoms with Crippen LogP contribution in [0.25, 0.3) is 0 Å². The molecule has 3 rings (SSSR count). The number of rotatable bonds is 5. The summed E-state index contributed by atoms with van der Waals surface area (Å²) in [5.74, 6) is 0.237. The lowest BCUT2D eigenvalue weighted by atomic mass is 9.95. The van der Waals surface area contributed by atoms with E-state index in [1.165, 1.54) is 0 Å². The molecule has 5 heteroatoms. The number of para-hydroxylation sites is 1. The molecular formula is C19H20N2O2S. The fourth-order valence-corrected chi connectivity index (χ4v) is 4.89. The maximum Gasteiger partial charge on any atom is 0.235 e. The largest absolute Gasteiger partial charge is 0.283 e. The average molecular weight is 340 g/mol. The highest BCUT2D eigenvalue weighted by atomic mass is 32.2. The van der Waals surface area contributed by atoms with Gasteiger partial charge in [0.05, 0.1) is 17.7 Å². The highest BCUT2D eigenvalue weighted by Gasteiger charge is 2.35. The first-order valence-electron chi connectivity index (χ1n) is 8.11. The van der Waals surface area contributed by atoms with Crippen LogP contribution in [0.2, 0.25) is 0 Å². The summed E-state index contributed by atoms with van der Waals surface area (Å²) in [6, 6.07) is 19.1. The molecule has 0 aromatic heterocycles. The molecule has 2 unspecified atom stereocenters. The Morgan fingerprint density at radius 3 is 2.62 bits per heavy atom. The van der Waals surface area contributed by atoms with Gasteiger partial charge in [-0.3, -0.25) is 4.72 Å². The van der Waals surface area contributed by atoms with Gasteiger partial charge in [-0.25, -0.2) is 8.42 Å². The van der Waals surface area contributed by atoms with E-state index in [-0.39, 0.29) is 11.2 Å². The van der Waals surface area contributed by atoms with Crippen molar-refractivity contribution in [3.63, 3.8) is 0 Å². The fourth-order valence-electron chi connectivity index (χ4n) is 3.33. The first-order valence-corrected chi connectivity index (χ1v) is 9.65. The maximum absolute atomic E-state index is 12.6. The molecule has 24 heavy (non-hydrogen) atoms. The number of hydrogen-bond acceptors (Lipinski definition) is 3. The van der Waals surface area contributed by atoms with Crippen LogP contribution in [0.4, 0.5) is 5.69 Å². The molecule has 1 aliphatic rings. The monoisotopic (exact) mass is 340 g/mol. The third-order valence-electron chi connectivity index (χ3n) is 4.56. The number of benzene rings is 2. The van der Waals surface area contributed by atoms with Crippen molar-refractivity contribution < 1.29 is 8.42 Å². The predicted octanol–water partition coefficient (Wildman–Crippen LogP) is 3.83. The molecule has 0 spiro atoms. The van der Waals surface area contributed by atoms with E-state index >= 15 is 0 Å². The van der Waals surface area contributed by atoms with Gasteiger partial charge in [0.25, 0.3) is 0 Å². The summed E-state index contributed by atoms with van der Waals surface area (Å²) in [5.41, 5.74) is 2.74. The van der Waals surface area contributed by atoms with Crippen molar-refractivity contribution in [2.45, 2.75) is 36.9 Å². The van der Waals surface area contributed by atoms with Crippen LogP contribution in [0.1, 0.15) is 36.3 Å². The first kappa shape index (κ1) is 16.5. The Bertz CT molecular complexity index is 841. The van der Waals surface area contributed by atoms with Crippen LogP contribution < -0.4 is 4.72 Å². The molecule has 4 nitrogen and oxygen atoms in total. The Labute approximate surface area is 143 Å². The van der Waals surface area contributed by atoms with Crippen molar-refractivity contribution in [1.29, 1.82) is 5.26 Å². The molecule has 1 saturated carbocycles. The summed E-state index contributed by atoms with van der Waals surface area (Å²) >= 11 is 0. The van der Waals surface area contributed by atoms with Gasteiger partial charge in [0.15, 0.2) is 0 Å². The SMILES string of the molecule is N#CCc1cccc(C2CCC(S(=O)(=O)Nc3ccccc3)C2)c1. The van der Waals surface area contributed by atoms with E-state index in [4.69, 9.17) is 5.26 Å². The molecule has 2 atom stereocenters. The van der Waals surface area contributed by atoms with Crippen LogP contribution in [0, 0.1) is 11.3 Å². The lowest BCUT2D eigenvalue weighted by Crippen LogP contribution is -2.25. The molecule has 1 aliphatic carbocycles. The molecule has 1 fully saturated rings. The molecule has 0 aliphatic heterocycles. The lowest BCUT2D eigenvalue weighted by molar-refractivity contribution is 0.584. The van der Waals surface area contributed by atoms with Gasteiger partial charge >= 0.3 is 0 Å². The van der Waals surface area contributed by atoms with Crippen molar-refractivity contribution in [3.05, 3.63) is 65.7 Å². The Morgan fingerprint density at radius 1 is 1.08 bits per heavy atom. The third kappa shape index (κ3) is 3.77. The van der Waals surface area contributed by atoms with Crippen LogP contribution in [0.5, 0.6) is 0 Å². The Morgan fingerprint density at radius 2 is 1.88 bits per heavy atom. The minimum Gasteiger partial charge on any atom is -0.283 e. The number of nitriles is 1. The van der Waals surface area contributed by atoms with E-state index in [9.17, 15) is 8.42 Å². The van der Waals surface area contributed by atoms with Crippen molar-refractivity contribution >= 4 is 15.7 Å². The van der Waals surface area contributed by atoms with Gasteiger partial charge in [-0.1, -0.05) is 42.5 Å². The molecule has 0 heterocycles. The summed E-state index contributed by atoms with van der Waals surface area (Å²) in [6.07, 6.45) is 2.53. The van der Waals surface area contributed by atoms with Crippen LogP contribution in [-0.4, -0.2) is 13.7 Å². The second-order valence-corrected chi connectivity index (χ2v) is 8.19. The van der Waals surface area contributed by atoms with E-state index in [1.807, 2.05) is 42.5 Å². The Hall–Kier alpha value is -2.32. The lowest BCUT2D eigenvalue weighted by Gasteiger charge is -2.15. The van der Waals surface area contributed by atoms with E-state index < -0.39 is 10.0 Å². The highest BCUT2D eigenvalue weighted by Crippen LogP contribution is 2.38. The molecule has 2 aromatic carbocycles. The third-order valence-corrected chi connectivity index (χ3v) is 6.39. The molecular weight excluding hydrogens is 320 g/mol. The average Bonchev–Trinajstić information content (AvgIpc) is 3.07. The molecule has 1 N–H and O–H groups in total. The van der Waals surface area contributed by atoms with Crippen LogP contribution in [-0.2, 0) is 16.4 Å². The number of hydrogen-bond donors (Lipinski definition) is 1. The summed E-state index contributed by atoms with van der Waals surface area (Å²) in [5, 5.41) is 8.45. The second-order valence-electron chi connectivity index (χ2n) is 6.23. The minimum absolute atomic E-state index is 0.237. The first-order chi connectivity index (χ1) is 11.6. The number of nitrogens with one attached hydrogen (secondary N) is 1. The number of anilines is 1. The van der Waals surface area contributed by atoms with Gasteiger partial charge < -0.3 is 0 Å². The zero-order chi connectivity index (χ0) is 17.0. The van der Waals surface area contributed by atoms with Crippen LogP contribution in [0.3, 0.4) is 0 Å². The summed E-state index contributed by atoms with van der Waals surface area (Å²) < 4.78 is 27.9.